The Morgan fingerprint density at radius 3 is 2.56 bits per heavy atom. The van der Waals surface area contributed by atoms with Crippen molar-refractivity contribution in [3.05, 3.63) is 22.2 Å². The van der Waals surface area contributed by atoms with Crippen LogP contribution in [0.3, 0.4) is 0 Å². The number of aromatic carboxylic acids is 1. The Hall–Kier alpha value is -1.23. The van der Waals surface area contributed by atoms with E-state index in [4.69, 9.17) is 9.47 Å². The zero-order valence-corrected chi connectivity index (χ0v) is 12.3. The summed E-state index contributed by atoms with van der Waals surface area (Å²) >= 11 is 3.27. The predicted molar refractivity (Wildman–Crippen MR) is 72.6 cm³/mol. The molecule has 1 rings (SSSR count). The van der Waals surface area contributed by atoms with Crippen molar-refractivity contribution < 1.29 is 19.4 Å². The average molecular weight is 317 g/mol. The minimum Gasteiger partial charge on any atom is -0.490 e. The first-order valence-electron chi connectivity index (χ1n) is 5.78. The van der Waals surface area contributed by atoms with Crippen molar-refractivity contribution in [2.24, 2.45) is 5.92 Å². The Kier molecular flexibility index (Phi) is 5.47. The van der Waals surface area contributed by atoms with Gasteiger partial charge in [-0.05, 0) is 25.0 Å². The van der Waals surface area contributed by atoms with E-state index in [0.29, 0.717) is 35.1 Å². The van der Waals surface area contributed by atoms with Gasteiger partial charge in [0.2, 0.25) is 0 Å². The second kappa shape index (κ2) is 6.64. The predicted octanol–water partition coefficient (Wildman–Crippen LogP) is 3.58. The fourth-order valence-corrected chi connectivity index (χ4v) is 1.83. The van der Waals surface area contributed by atoms with Gasteiger partial charge in [-0.25, -0.2) is 4.79 Å². The maximum absolute atomic E-state index is 11.2. The lowest BCUT2D eigenvalue weighted by atomic mass is 10.2. The van der Waals surface area contributed by atoms with Crippen LogP contribution in [0, 0.1) is 5.92 Å². The Balaban J connectivity index is 3.17. The number of carboxylic acid groups (broad SMARTS) is 1. The molecule has 0 aromatic heterocycles. The summed E-state index contributed by atoms with van der Waals surface area (Å²) in [5.74, 6) is 0.0203. The number of hydrogen-bond acceptors (Lipinski definition) is 3. The van der Waals surface area contributed by atoms with E-state index < -0.39 is 5.97 Å². The number of carboxylic acids is 1. The summed E-state index contributed by atoms with van der Waals surface area (Å²) in [6, 6.07) is 3.23. The zero-order valence-electron chi connectivity index (χ0n) is 10.7. The van der Waals surface area contributed by atoms with E-state index in [0.717, 1.165) is 0 Å². The van der Waals surface area contributed by atoms with E-state index in [1.165, 1.54) is 6.07 Å². The van der Waals surface area contributed by atoms with Crippen molar-refractivity contribution in [2.45, 2.75) is 20.8 Å². The average Bonchev–Trinajstić information content (AvgIpc) is 2.27. The summed E-state index contributed by atoms with van der Waals surface area (Å²) in [6.07, 6.45) is 0. The molecular formula is C13H17BrO4. The maximum atomic E-state index is 11.2. The van der Waals surface area contributed by atoms with Crippen LogP contribution in [0.2, 0.25) is 0 Å². The molecule has 1 aromatic carbocycles. The highest BCUT2D eigenvalue weighted by atomic mass is 79.9. The van der Waals surface area contributed by atoms with Crippen LogP contribution in [0.4, 0.5) is 0 Å². The van der Waals surface area contributed by atoms with Crippen molar-refractivity contribution in [2.75, 3.05) is 13.2 Å². The molecule has 0 atom stereocenters. The van der Waals surface area contributed by atoms with Crippen LogP contribution in [0.5, 0.6) is 11.5 Å². The molecule has 100 valence electrons. The van der Waals surface area contributed by atoms with Crippen LogP contribution < -0.4 is 9.47 Å². The molecule has 5 heteroatoms. The highest BCUT2D eigenvalue weighted by molar-refractivity contribution is 9.10. The SMILES string of the molecule is CCOc1cc(Br)cc(C(=O)O)c1OCC(C)C. The third-order valence-corrected chi connectivity index (χ3v) is 2.57. The van der Waals surface area contributed by atoms with Gasteiger partial charge >= 0.3 is 5.97 Å². The molecule has 0 aliphatic rings. The fraction of sp³-hybridized carbons (Fsp3) is 0.462. The van der Waals surface area contributed by atoms with Gasteiger partial charge in [-0.3, -0.25) is 0 Å². The maximum Gasteiger partial charge on any atom is 0.339 e. The molecule has 0 spiro atoms. The van der Waals surface area contributed by atoms with Crippen LogP contribution >= 0.6 is 15.9 Å². The lowest BCUT2D eigenvalue weighted by Crippen LogP contribution is -2.10. The van der Waals surface area contributed by atoms with E-state index in [2.05, 4.69) is 15.9 Å². The smallest absolute Gasteiger partial charge is 0.339 e. The van der Waals surface area contributed by atoms with Crippen molar-refractivity contribution in [3.63, 3.8) is 0 Å². The first-order valence-corrected chi connectivity index (χ1v) is 6.57. The van der Waals surface area contributed by atoms with Crippen LogP contribution in [0.15, 0.2) is 16.6 Å². The van der Waals surface area contributed by atoms with Crippen LogP contribution in [0.1, 0.15) is 31.1 Å². The fourth-order valence-electron chi connectivity index (χ4n) is 1.39. The third-order valence-electron chi connectivity index (χ3n) is 2.11. The number of rotatable bonds is 6. The second-order valence-electron chi connectivity index (χ2n) is 4.22. The van der Waals surface area contributed by atoms with Crippen molar-refractivity contribution in [1.29, 1.82) is 0 Å². The Morgan fingerprint density at radius 1 is 1.39 bits per heavy atom. The van der Waals surface area contributed by atoms with Gasteiger partial charge in [0.1, 0.15) is 5.56 Å². The Bertz CT molecular complexity index is 429. The molecule has 0 saturated heterocycles. The molecule has 0 unspecified atom stereocenters. The number of halogens is 1. The molecule has 0 saturated carbocycles. The Morgan fingerprint density at radius 2 is 2.06 bits per heavy atom. The third kappa shape index (κ3) is 3.91. The van der Waals surface area contributed by atoms with E-state index in [-0.39, 0.29) is 5.56 Å². The van der Waals surface area contributed by atoms with Crippen LogP contribution in [-0.4, -0.2) is 24.3 Å². The van der Waals surface area contributed by atoms with Crippen molar-refractivity contribution >= 4 is 21.9 Å². The summed E-state index contributed by atoms with van der Waals surface area (Å²) in [6.45, 7) is 6.74. The summed E-state index contributed by atoms with van der Waals surface area (Å²) in [7, 11) is 0. The molecule has 1 aromatic rings. The highest BCUT2D eigenvalue weighted by Gasteiger charge is 2.18. The lowest BCUT2D eigenvalue weighted by molar-refractivity contribution is 0.0690. The number of carbonyl (C=O) groups is 1. The van der Waals surface area contributed by atoms with Gasteiger partial charge in [-0.2, -0.15) is 0 Å². The summed E-state index contributed by atoms with van der Waals surface area (Å²) in [4.78, 5) is 11.2. The van der Waals surface area contributed by atoms with E-state index >= 15 is 0 Å². The first kappa shape index (κ1) is 14.8. The molecule has 0 fully saturated rings. The lowest BCUT2D eigenvalue weighted by Gasteiger charge is -2.16. The highest BCUT2D eigenvalue weighted by Crippen LogP contribution is 2.35. The zero-order chi connectivity index (χ0) is 13.7. The first-order chi connectivity index (χ1) is 8.45. The summed E-state index contributed by atoms with van der Waals surface area (Å²) in [5.41, 5.74) is 0.105. The van der Waals surface area contributed by atoms with Gasteiger partial charge in [0.15, 0.2) is 11.5 Å². The van der Waals surface area contributed by atoms with Crippen molar-refractivity contribution in [3.8, 4) is 11.5 Å². The van der Waals surface area contributed by atoms with E-state index in [9.17, 15) is 9.90 Å². The largest absolute Gasteiger partial charge is 0.490 e. The van der Waals surface area contributed by atoms with Gasteiger partial charge in [-0.15, -0.1) is 0 Å². The second-order valence-corrected chi connectivity index (χ2v) is 5.14. The van der Waals surface area contributed by atoms with Gasteiger partial charge in [0.05, 0.1) is 13.2 Å². The number of hydrogen-bond donors (Lipinski definition) is 1. The van der Waals surface area contributed by atoms with Gasteiger partial charge in [0.25, 0.3) is 0 Å². The number of ether oxygens (including phenoxy) is 2. The quantitative estimate of drug-likeness (QED) is 0.871. The molecule has 0 aliphatic heterocycles. The molecule has 0 aliphatic carbocycles. The van der Waals surface area contributed by atoms with Crippen molar-refractivity contribution in [1.82, 2.24) is 0 Å². The Labute approximate surface area is 115 Å². The molecular weight excluding hydrogens is 300 g/mol. The topological polar surface area (TPSA) is 55.8 Å². The normalized spacial score (nSPS) is 10.5. The molecule has 18 heavy (non-hydrogen) atoms. The molecule has 4 nitrogen and oxygen atoms in total. The summed E-state index contributed by atoms with van der Waals surface area (Å²) < 4.78 is 11.6. The molecule has 0 amide bonds. The summed E-state index contributed by atoms with van der Waals surface area (Å²) in [5, 5.41) is 9.19. The number of benzene rings is 1. The minimum atomic E-state index is -1.03. The molecule has 0 bridgehead atoms. The standard InChI is InChI=1S/C13H17BrO4/c1-4-17-11-6-9(14)5-10(13(15)16)12(11)18-7-8(2)3/h5-6,8H,4,7H2,1-3H3,(H,15,16). The minimum absolute atomic E-state index is 0.105. The van der Waals surface area contributed by atoms with Gasteiger partial charge in [-0.1, -0.05) is 29.8 Å². The van der Waals surface area contributed by atoms with Crippen LogP contribution in [-0.2, 0) is 0 Å². The van der Waals surface area contributed by atoms with Gasteiger partial charge < -0.3 is 14.6 Å². The van der Waals surface area contributed by atoms with Crippen LogP contribution in [0.25, 0.3) is 0 Å². The van der Waals surface area contributed by atoms with E-state index in [1.54, 1.807) is 6.07 Å². The van der Waals surface area contributed by atoms with E-state index in [1.807, 2.05) is 20.8 Å². The monoisotopic (exact) mass is 316 g/mol. The molecule has 0 radical (unpaired) electrons. The molecule has 0 heterocycles. The molecule has 1 N–H and O–H groups in total. The van der Waals surface area contributed by atoms with Gasteiger partial charge in [0, 0.05) is 4.47 Å².